The molecule has 2 aliphatic heterocycles. The summed E-state index contributed by atoms with van der Waals surface area (Å²) in [7, 11) is 0. The van der Waals surface area contributed by atoms with Crippen molar-refractivity contribution in [2.45, 2.75) is 205 Å². The Bertz CT molecular complexity index is 3450. The van der Waals surface area contributed by atoms with E-state index in [4.69, 9.17) is 4.42 Å². The van der Waals surface area contributed by atoms with Crippen LogP contribution in [0.1, 0.15) is 216 Å². The van der Waals surface area contributed by atoms with E-state index in [0.29, 0.717) is 5.92 Å². The van der Waals surface area contributed by atoms with Gasteiger partial charge in [0.2, 0.25) is 0 Å². The van der Waals surface area contributed by atoms with Crippen molar-refractivity contribution in [1.29, 1.82) is 0 Å². The van der Waals surface area contributed by atoms with Crippen LogP contribution in [0.4, 0.5) is 34.1 Å². The van der Waals surface area contributed by atoms with Gasteiger partial charge in [-0.25, -0.2) is 0 Å². The van der Waals surface area contributed by atoms with Gasteiger partial charge in [0.15, 0.2) is 0 Å². The maximum Gasteiger partial charge on any atom is 0.297 e. The van der Waals surface area contributed by atoms with E-state index in [1.54, 1.807) is 5.56 Å². The smallest absolute Gasteiger partial charge is 0.297 e. The molecule has 75 heavy (non-hydrogen) atoms. The van der Waals surface area contributed by atoms with Crippen LogP contribution in [0.3, 0.4) is 0 Å². The zero-order chi connectivity index (χ0) is 52.9. The molecule has 3 nitrogen and oxygen atoms in total. The Hall–Kier alpha value is -5.48. The van der Waals surface area contributed by atoms with Crippen LogP contribution in [0.15, 0.2) is 114 Å². The van der Waals surface area contributed by atoms with E-state index in [-0.39, 0.29) is 56.5 Å². The Labute approximate surface area is 451 Å². The number of hydrogen-bond donors (Lipinski definition) is 0. The summed E-state index contributed by atoms with van der Waals surface area (Å²) in [6.45, 7) is 38.9. The molecule has 0 bridgehead atoms. The second kappa shape index (κ2) is 15.8. The van der Waals surface area contributed by atoms with E-state index in [9.17, 15) is 0 Å². The predicted octanol–water partition coefficient (Wildman–Crippen LogP) is 17.2. The summed E-state index contributed by atoms with van der Waals surface area (Å²) < 4.78 is 7.97. The first-order valence-corrected chi connectivity index (χ1v) is 29.0. The van der Waals surface area contributed by atoms with Crippen molar-refractivity contribution in [3.05, 3.63) is 171 Å². The van der Waals surface area contributed by atoms with Crippen LogP contribution in [0.5, 0.6) is 0 Å². The van der Waals surface area contributed by atoms with Crippen LogP contribution >= 0.6 is 0 Å². The van der Waals surface area contributed by atoms with Crippen molar-refractivity contribution in [2.75, 3.05) is 9.80 Å². The third-order valence-electron chi connectivity index (χ3n) is 20.9. The van der Waals surface area contributed by atoms with Gasteiger partial charge in [-0.05, 0) is 199 Å². The first kappa shape index (κ1) is 49.1. The molecule has 0 fully saturated rings. The zero-order valence-electron chi connectivity index (χ0n) is 48.5. The van der Waals surface area contributed by atoms with Gasteiger partial charge in [0.05, 0.1) is 11.3 Å². The number of hydrogen-bond acceptors (Lipinski definition) is 3. The van der Waals surface area contributed by atoms with Gasteiger partial charge in [-0.1, -0.05) is 171 Å². The molecule has 0 radical (unpaired) electrons. The van der Waals surface area contributed by atoms with Crippen LogP contribution in [0.2, 0.25) is 0 Å². The van der Waals surface area contributed by atoms with Gasteiger partial charge >= 0.3 is 0 Å². The van der Waals surface area contributed by atoms with E-state index in [1.807, 2.05) is 0 Å². The molecule has 0 spiro atoms. The minimum Gasteiger partial charge on any atom is -0.473 e. The van der Waals surface area contributed by atoms with Crippen molar-refractivity contribution in [3.63, 3.8) is 0 Å². The average molecular weight is 991 g/mol. The highest BCUT2D eigenvalue weighted by Gasteiger charge is 2.53. The van der Waals surface area contributed by atoms with Gasteiger partial charge in [-0.3, -0.25) is 0 Å². The number of allylic oxidation sites excluding steroid dienone is 4. The highest BCUT2D eigenvalue weighted by atomic mass is 16.3. The van der Waals surface area contributed by atoms with Crippen LogP contribution in [-0.4, -0.2) is 6.71 Å². The van der Waals surface area contributed by atoms with E-state index in [2.05, 4.69) is 230 Å². The Morgan fingerprint density at radius 3 is 1.63 bits per heavy atom. The van der Waals surface area contributed by atoms with Crippen LogP contribution in [-0.2, 0) is 44.3 Å². The molecule has 1 aromatic heterocycles. The quantitative estimate of drug-likeness (QED) is 0.165. The normalized spacial score (nSPS) is 24.2. The topological polar surface area (TPSA) is 19.6 Å². The fraction of sp³-hybridized carbons (Fsp3) is 0.465. The molecule has 0 saturated carbocycles. The van der Waals surface area contributed by atoms with Gasteiger partial charge in [0.25, 0.3) is 6.71 Å². The largest absolute Gasteiger partial charge is 0.473 e. The zero-order valence-corrected chi connectivity index (χ0v) is 48.5. The molecular formula is C71H83BN2O. The SMILES string of the molecule is Cc1cc2c3c(c1)N(c1ccc(C(C)(C)C)cc1)c1c(oc4c1C1C=CC=CC1C(c1ccc5c(c1)C(C)(C)CCC5(C)C)C4)B3c1cc3c(cc1N2c1ccc2c(c1)C(C)(C)CCC2(C)C)C(C)(C)CCC3(C)C. The molecule has 0 amide bonds. The Morgan fingerprint density at radius 2 is 1.03 bits per heavy atom. The predicted molar refractivity (Wildman–Crippen MR) is 319 cm³/mol. The third-order valence-corrected chi connectivity index (χ3v) is 20.9. The lowest BCUT2D eigenvalue weighted by molar-refractivity contribution is 0.330. The second-order valence-electron chi connectivity index (χ2n) is 29.7. The number of anilines is 6. The van der Waals surface area contributed by atoms with Crippen molar-refractivity contribution in [3.8, 4) is 0 Å². The number of fused-ring (bicyclic) bond motifs is 11. The summed E-state index contributed by atoms with van der Waals surface area (Å²) in [5.41, 5.74) is 26.5. The van der Waals surface area contributed by atoms with Gasteiger partial charge in [0, 0.05) is 46.3 Å². The monoisotopic (exact) mass is 991 g/mol. The van der Waals surface area contributed by atoms with E-state index in [1.165, 1.54) is 127 Å². The molecule has 3 unspecified atom stereocenters. The minimum absolute atomic E-state index is 0.0292. The molecule has 5 aliphatic carbocycles. The third kappa shape index (κ3) is 7.25. The summed E-state index contributed by atoms with van der Waals surface area (Å²) in [4.78, 5) is 5.36. The number of nitrogens with zero attached hydrogens (tertiary/aromatic N) is 2. The first-order chi connectivity index (χ1) is 35.2. The lowest BCUT2D eigenvalue weighted by Gasteiger charge is -2.47. The molecule has 0 saturated heterocycles. The molecule has 5 aromatic carbocycles. The fourth-order valence-corrected chi connectivity index (χ4v) is 15.8. The van der Waals surface area contributed by atoms with Crippen molar-refractivity contribution >= 4 is 57.4 Å². The lowest BCUT2D eigenvalue weighted by atomic mass is 9.35. The molecular weight excluding hydrogens is 908 g/mol. The first-order valence-electron chi connectivity index (χ1n) is 29.0. The highest BCUT2D eigenvalue weighted by molar-refractivity contribution is 6.99. The summed E-state index contributed by atoms with van der Waals surface area (Å²) in [6.07, 6.45) is 17.7. The van der Waals surface area contributed by atoms with E-state index >= 15 is 0 Å². The van der Waals surface area contributed by atoms with Crippen molar-refractivity contribution in [1.82, 2.24) is 0 Å². The highest BCUT2D eigenvalue weighted by Crippen LogP contribution is 2.58. The fourth-order valence-electron chi connectivity index (χ4n) is 15.8. The number of rotatable bonds is 3. The minimum atomic E-state index is -0.0986. The number of furan rings is 1. The molecule has 386 valence electrons. The molecule has 13 rings (SSSR count). The van der Waals surface area contributed by atoms with E-state index in [0.717, 1.165) is 24.3 Å². The van der Waals surface area contributed by atoms with Gasteiger partial charge < -0.3 is 14.2 Å². The Kier molecular flexibility index (Phi) is 10.4. The molecule has 3 atom stereocenters. The lowest BCUT2D eigenvalue weighted by Crippen LogP contribution is -2.61. The number of benzene rings is 5. The van der Waals surface area contributed by atoms with Crippen molar-refractivity contribution in [2.24, 2.45) is 5.92 Å². The van der Waals surface area contributed by atoms with E-state index < -0.39 is 0 Å². The molecule has 3 heterocycles. The van der Waals surface area contributed by atoms with Crippen LogP contribution in [0.25, 0.3) is 0 Å². The maximum absolute atomic E-state index is 7.97. The number of aryl methyl sites for hydroxylation is 1. The Balaban J connectivity index is 1.09. The summed E-state index contributed by atoms with van der Waals surface area (Å²) >= 11 is 0. The maximum atomic E-state index is 7.97. The van der Waals surface area contributed by atoms with Crippen molar-refractivity contribution < 1.29 is 4.42 Å². The van der Waals surface area contributed by atoms with Gasteiger partial charge in [0.1, 0.15) is 5.76 Å². The average Bonchev–Trinajstić information content (AvgIpc) is 3.98. The van der Waals surface area contributed by atoms with Gasteiger partial charge in [-0.15, -0.1) is 0 Å². The summed E-state index contributed by atoms with van der Waals surface area (Å²) in [5.74, 6) is 1.90. The molecule has 7 aliphatic rings. The standard InChI is InChI=1S/C71H83BN2O/c1-42-35-58-62-59(36-42)74(45-24-22-44(23-25-45)65(2,3)4)63-61-48-20-18-17-19-47(48)49(43-21-27-50-52(37-43)68(9,10)31-29-66(50,5)6)39-60(61)75-64(63)72(62)56-40-54-55(71(15,16)34-33-70(54,13)14)41-57(56)73(58)46-26-28-51-53(38-46)69(11,12)32-30-67(51,7)8/h17-28,35-38,40-41,47-49H,29-34,39H2,1-16H3. The molecule has 4 heteroatoms. The Morgan fingerprint density at radius 1 is 0.520 bits per heavy atom. The molecule has 0 N–H and O–H groups in total. The molecule has 6 aromatic rings. The summed E-state index contributed by atoms with van der Waals surface area (Å²) in [6, 6.07) is 35.1. The second-order valence-corrected chi connectivity index (χ2v) is 29.7. The van der Waals surface area contributed by atoms with Crippen LogP contribution in [0, 0.1) is 12.8 Å². The van der Waals surface area contributed by atoms with Crippen LogP contribution < -0.4 is 26.4 Å². The van der Waals surface area contributed by atoms with Gasteiger partial charge in [-0.2, -0.15) is 0 Å². The summed E-state index contributed by atoms with van der Waals surface area (Å²) in [5, 5.41) is 0.